The Morgan fingerprint density at radius 2 is 1.63 bits per heavy atom. The Hall–Kier alpha value is -3.57. The molecular formula is C31H35ClF3N3O4S. The van der Waals surface area contributed by atoms with Crippen LogP contribution in [-0.2, 0) is 32.3 Å². The SMILES string of the molecule is CC[C@@H](C)NC(=O)[C@H](CC)N(Cc1cccc(C)c1)C(=O)CN(c1ccc(Cl)c(C(F)(F)F)c1)S(=O)(=O)c1ccccc1. The molecule has 2 amide bonds. The van der Waals surface area contributed by atoms with Crippen molar-refractivity contribution in [1.29, 1.82) is 0 Å². The summed E-state index contributed by atoms with van der Waals surface area (Å²) in [5.74, 6) is -1.18. The van der Waals surface area contributed by atoms with E-state index >= 15 is 0 Å². The van der Waals surface area contributed by atoms with Crippen molar-refractivity contribution in [1.82, 2.24) is 10.2 Å². The Morgan fingerprint density at radius 1 is 0.953 bits per heavy atom. The number of carbonyl (C=O) groups is 2. The third-order valence-corrected chi connectivity index (χ3v) is 9.09. The summed E-state index contributed by atoms with van der Waals surface area (Å²) in [6, 6.07) is 15.9. The van der Waals surface area contributed by atoms with E-state index in [1.54, 1.807) is 25.1 Å². The lowest BCUT2D eigenvalue weighted by Crippen LogP contribution is -2.53. The molecule has 0 aliphatic rings. The van der Waals surface area contributed by atoms with Crippen LogP contribution in [-0.4, -0.2) is 43.8 Å². The van der Waals surface area contributed by atoms with E-state index in [1.165, 1.54) is 29.2 Å². The summed E-state index contributed by atoms with van der Waals surface area (Å²) in [6.07, 6.45) is -4.02. The van der Waals surface area contributed by atoms with Gasteiger partial charge in [0, 0.05) is 12.6 Å². The second-order valence-corrected chi connectivity index (χ2v) is 12.5. The summed E-state index contributed by atoms with van der Waals surface area (Å²) < 4.78 is 69.7. The second-order valence-electron chi connectivity index (χ2n) is 10.2. The predicted octanol–water partition coefficient (Wildman–Crippen LogP) is 6.58. The van der Waals surface area contributed by atoms with Crippen LogP contribution < -0.4 is 9.62 Å². The zero-order valence-electron chi connectivity index (χ0n) is 24.4. The van der Waals surface area contributed by atoms with Crippen LogP contribution in [0.2, 0.25) is 5.02 Å². The first kappa shape index (κ1) is 33.9. The van der Waals surface area contributed by atoms with Gasteiger partial charge in [0.25, 0.3) is 10.0 Å². The highest BCUT2D eigenvalue weighted by Crippen LogP contribution is 2.38. The largest absolute Gasteiger partial charge is 0.417 e. The maximum absolute atomic E-state index is 14.1. The quantitative estimate of drug-likeness (QED) is 0.243. The van der Waals surface area contributed by atoms with E-state index in [9.17, 15) is 31.2 Å². The molecule has 3 rings (SSSR count). The van der Waals surface area contributed by atoms with Crippen LogP contribution in [0.1, 0.15) is 50.3 Å². The number of anilines is 1. The number of alkyl halides is 3. The van der Waals surface area contributed by atoms with Gasteiger partial charge in [-0.1, -0.05) is 73.5 Å². The van der Waals surface area contributed by atoms with E-state index in [0.29, 0.717) is 22.4 Å². The highest BCUT2D eigenvalue weighted by molar-refractivity contribution is 7.92. The number of sulfonamides is 1. The molecule has 0 heterocycles. The first-order valence-electron chi connectivity index (χ1n) is 13.8. The molecule has 3 aromatic carbocycles. The van der Waals surface area contributed by atoms with Gasteiger partial charge in [-0.05, 0) is 62.6 Å². The van der Waals surface area contributed by atoms with Crippen molar-refractivity contribution in [3.63, 3.8) is 0 Å². The maximum atomic E-state index is 14.1. The van der Waals surface area contributed by atoms with Gasteiger partial charge in [0.05, 0.1) is 21.2 Å². The standard InChI is InChI=1S/C31H35ClF3N3O4S/c1-5-22(4)36-30(40)28(6-2)37(19-23-12-10-11-21(3)17-23)29(39)20-38(43(41,42)25-13-8-7-9-14-25)24-15-16-27(32)26(18-24)31(33,34)35/h7-18,22,28H,5-6,19-20H2,1-4H3,(H,36,40)/t22-,28+/m1/s1. The average molecular weight is 638 g/mol. The number of rotatable bonds is 12. The molecule has 12 heteroatoms. The normalized spacial score (nSPS) is 13.2. The minimum absolute atomic E-state index is 0.0272. The number of nitrogens with zero attached hydrogens (tertiary/aromatic N) is 2. The number of aryl methyl sites for hydroxylation is 1. The van der Waals surface area contributed by atoms with Crippen molar-refractivity contribution in [2.24, 2.45) is 0 Å². The van der Waals surface area contributed by atoms with Gasteiger partial charge in [-0.2, -0.15) is 13.2 Å². The topological polar surface area (TPSA) is 86.8 Å². The van der Waals surface area contributed by atoms with E-state index < -0.39 is 56.9 Å². The fourth-order valence-corrected chi connectivity index (χ4v) is 6.15. The Bertz CT molecular complexity index is 1530. The Kier molecular flexibility index (Phi) is 11.3. The number of hydrogen-bond acceptors (Lipinski definition) is 4. The van der Waals surface area contributed by atoms with Crippen LogP contribution in [0.4, 0.5) is 18.9 Å². The van der Waals surface area contributed by atoms with Crippen LogP contribution in [0.15, 0.2) is 77.7 Å². The van der Waals surface area contributed by atoms with Gasteiger partial charge >= 0.3 is 6.18 Å². The molecule has 0 unspecified atom stereocenters. The molecule has 0 saturated heterocycles. The summed E-state index contributed by atoms with van der Waals surface area (Å²) in [6.45, 7) is 6.43. The lowest BCUT2D eigenvalue weighted by atomic mass is 10.1. The number of carbonyl (C=O) groups excluding carboxylic acids is 2. The van der Waals surface area contributed by atoms with Crippen molar-refractivity contribution < 1.29 is 31.2 Å². The van der Waals surface area contributed by atoms with Gasteiger partial charge in [0.2, 0.25) is 11.8 Å². The maximum Gasteiger partial charge on any atom is 0.417 e. The molecule has 1 N–H and O–H groups in total. The summed E-state index contributed by atoms with van der Waals surface area (Å²) >= 11 is 5.82. The number of nitrogens with one attached hydrogen (secondary N) is 1. The zero-order chi connectivity index (χ0) is 31.9. The molecule has 2 atom stereocenters. The van der Waals surface area contributed by atoms with Crippen LogP contribution in [0.3, 0.4) is 0 Å². The smallest absolute Gasteiger partial charge is 0.352 e. The van der Waals surface area contributed by atoms with Crippen molar-refractivity contribution in [3.05, 3.63) is 94.5 Å². The van der Waals surface area contributed by atoms with Gasteiger partial charge < -0.3 is 10.2 Å². The Labute approximate surface area is 255 Å². The van der Waals surface area contributed by atoms with E-state index in [4.69, 9.17) is 11.6 Å². The number of hydrogen-bond donors (Lipinski definition) is 1. The molecule has 0 radical (unpaired) electrons. The van der Waals surface area contributed by atoms with Crippen LogP contribution in [0.25, 0.3) is 0 Å². The third-order valence-electron chi connectivity index (χ3n) is 6.98. The first-order chi connectivity index (χ1) is 20.2. The van der Waals surface area contributed by atoms with Crippen molar-refractivity contribution in [2.45, 2.75) is 70.2 Å². The molecule has 0 bridgehead atoms. The third kappa shape index (κ3) is 8.51. The minimum Gasteiger partial charge on any atom is -0.352 e. The lowest BCUT2D eigenvalue weighted by molar-refractivity contribution is -0.140. The van der Waals surface area contributed by atoms with Crippen LogP contribution >= 0.6 is 11.6 Å². The van der Waals surface area contributed by atoms with E-state index in [-0.39, 0.29) is 23.9 Å². The van der Waals surface area contributed by atoms with E-state index in [0.717, 1.165) is 17.7 Å². The summed E-state index contributed by atoms with van der Waals surface area (Å²) in [5, 5.41) is 2.26. The molecule has 43 heavy (non-hydrogen) atoms. The number of halogens is 4. The summed E-state index contributed by atoms with van der Waals surface area (Å²) in [7, 11) is -4.54. The lowest BCUT2D eigenvalue weighted by Gasteiger charge is -2.34. The van der Waals surface area contributed by atoms with Crippen molar-refractivity contribution >= 4 is 39.1 Å². The molecule has 0 aromatic heterocycles. The summed E-state index contributed by atoms with van der Waals surface area (Å²) in [5.41, 5.74) is -0.0347. The predicted molar refractivity (Wildman–Crippen MR) is 161 cm³/mol. The van der Waals surface area contributed by atoms with Gasteiger partial charge in [0.1, 0.15) is 12.6 Å². The molecule has 3 aromatic rings. The molecular weight excluding hydrogens is 603 g/mol. The molecule has 7 nitrogen and oxygen atoms in total. The molecule has 0 aliphatic heterocycles. The first-order valence-corrected chi connectivity index (χ1v) is 15.6. The average Bonchev–Trinajstić information content (AvgIpc) is 2.95. The highest BCUT2D eigenvalue weighted by atomic mass is 35.5. The van der Waals surface area contributed by atoms with Crippen molar-refractivity contribution in [3.8, 4) is 0 Å². The molecule has 0 aliphatic carbocycles. The number of amides is 2. The fraction of sp³-hybridized carbons (Fsp3) is 0.355. The van der Waals surface area contributed by atoms with Gasteiger partial charge in [-0.25, -0.2) is 8.42 Å². The van der Waals surface area contributed by atoms with E-state index in [1.807, 2.05) is 32.9 Å². The van der Waals surface area contributed by atoms with Crippen LogP contribution in [0.5, 0.6) is 0 Å². The minimum atomic E-state index is -4.88. The number of benzene rings is 3. The molecule has 0 spiro atoms. The monoisotopic (exact) mass is 637 g/mol. The molecule has 0 saturated carbocycles. The summed E-state index contributed by atoms with van der Waals surface area (Å²) in [4.78, 5) is 28.5. The fourth-order valence-electron chi connectivity index (χ4n) is 4.50. The van der Waals surface area contributed by atoms with E-state index in [2.05, 4.69) is 5.32 Å². The second kappa shape index (κ2) is 14.3. The zero-order valence-corrected chi connectivity index (χ0v) is 25.9. The Balaban J connectivity index is 2.14. The Morgan fingerprint density at radius 3 is 2.21 bits per heavy atom. The highest BCUT2D eigenvalue weighted by Gasteiger charge is 2.37. The molecule has 0 fully saturated rings. The van der Waals surface area contributed by atoms with Crippen LogP contribution in [0, 0.1) is 6.92 Å². The van der Waals surface area contributed by atoms with Crippen molar-refractivity contribution in [2.75, 3.05) is 10.8 Å². The molecule has 232 valence electrons. The van der Waals surface area contributed by atoms with Gasteiger partial charge in [-0.3, -0.25) is 13.9 Å². The van der Waals surface area contributed by atoms with Gasteiger partial charge in [-0.15, -0.1) is 0 Å². The van der Waals surface area contributed by atoms with Gasteiger partial charge in [0.15, 0.2) is 0 Å².